The number of hydrogen-bond acceptors (Lipinski definition) is 3. The average Bonchev–Trinajstić information content (AvgIpc) is 2.49. The van der Waals surface area contributed by atoms with Crippen molar-refractivity contribution in [3.8, 4) is 0 Å². The van der Waals surface area contributed by atoms with Gasteiger partial charge >= 0.3 is 12.5 Å². The molecule has 7 heteroatoms. The predicted octanol–water partition coefficient (Wildman–Crippen LogP) is 2.10. The van der Waals surface area contributed by atoms with Crippen LogP contribution in [0.15, 0.2) is 0 Å². The lowest BCUT2D eigenvalue weighted by Gasteiger charge is -2.24. The first-order valence-corrected chi connectivity index (χ1v) is 4.62. The number of ether oxygens (including phenoxy) is 2. The zero-order valence-electron chi connectivity index (χ0n) is 8.21. The van der Waals surface area contributed by atoms with Gasteiger partial charge in [-0.15, -0.1) is 13.2 Å². The lowest BCUT2D eigenvalue weighted by Crippen LogP contribution is -2.40. The van der Waals surface area contributed by atoms with E-state index < -0.39 is 18.7 Å². The van der Waals surface area contributed by atoms with Crippen molar-refractivity contribution >= 4 is 6.09 Å². The van der Waals surface area contributed by atoms with Gasteiger partial charge in [0.15, 0.2) is 0 Å². The number of likely N-dealkylation sites (tertiary alicyclic amines) is 1. The SMILES string of the molecule is CCOC(=O)N1CCCC1OC(F)(F)F. The molecule has 1 atom stereocenters. The van der Waals surface area contributed by atoms with Crippen molar-refractivity contribution in [2.75, 3.05) is 13.2 Å². The van der Waals surface area contributed by atoms with E-state index in [0.29, 0.717) is 6.42 Å². The van der Waals surface area contributed by atoms with Gasteiger partial charge in [-0.05, 0) is 19.8 Å². The van der Waals surface area contributed by atoms with Crippen LogP contribution in [0.2, 0.25) is 0 Å². The van der Waals surface area contributed by atoms with E-state index >= 15 is 0 Å². The number of halogens is 3. The summed E-state index contributed by atoms with van der Waals surface area (Å²) in [6, 6.07) is 0. The minimum atomic E-state index is -4.72. The van der Waals surface area contributed by atoms with Crippen molar-refractivity contribution < 1.29 is 27.4 Å². The minimum absolute atomic E-state index is 0.133. The van der Waals surface area contributed by atoms with Gasteiger partial charge in [0.05, 0.1) is 6.61 Å². The van der Waals surface area contributed by atoms with E-state index in [2.05, 4.69) is 9.47 Å². The summed E-state index contributed by atoms with van der Waals surface area (Å²) < 4.78 is 44.2. The van der Waals surface area contributed by atoms with Crippen molar-refractivity contribution in [3.05, 3.63) is 0 Å². The number of amides is 1. The standard InChI is InChI=1S/C8H12F3NO3/c1-2-14-7(13)12-5-3-4-6(12)15-8(9,10)11/h6H,2-5H2,1H3. The first-order chi connectivity index (χ1) is 6.94. The van der Waals surface area contributed by atoms with E-state index in [1.165, 1.54) is 0 Å². The van der Waals surface area contributed by atoms with E-state index in [9.17, 15) is 18.0 Å². The number of alkyl halides is 3. The van der Waals surface area contributed by atoms with Crippen LogP contribution in [0.5, 0.6) is 0 Å². The van der Waals surface area contributed by atoms with Crippen molar-refractivity contribution in [2.45, 2.75) is 32.4 Å². The van der Waals surface area contributed by atoms with Crippen LogP contribution < -0.4 is 0 Å². The number of hydrogen-bond donors (Lipinski definition) is 0. The average molecular weight is 227 g/mol. The summed E-state index contributed by atoms with van der Waals surface area (Å²) >= 11 is 0. The third-order valence-electron chi connectivity index (χ3n) is 1.97. The highest BCUT2D eigenvalue weighted by atomic mass is 19.4. The fourth-order valence-electron chi connectivity index (χ4n) is 1.43. The van der Waals surface area contributed by atoms with Crippen molar-refractivity contribution in [1.82, 2.24) is 4.90 Å². The summed E-state index contributed by atoms with van der Waals surface area (Å²) in [5.41, 5.74) is 0. The zero-order valence-corrected chi connectivity index (χ0v) is 8.21. The van der Waals surface area contributed by atoms with E-state index in [1.807, 2.05) is 0 Å². The molecule has 15 heavy (non-hydrogen) atoms. The topological polar surface area (TPSA) is 38.8 Å². The second-order valence-electron chi connectivity index (χ2n) is 3.05. The molecule has 0 aromatic rings. The molecule has 1 saturated heterocycles. The maximum absolute atomic E-state index is 11.9. The summed E-state index contributed by atoms with van der Waals surface area (Å²) in [5.74, 6) is 0. The minimum Gasteiger partial charge on any atom is -0.450 e. The van der Waals surface area contributed by atoms with Crippen LogP contribution in [0.4, 0.5) is 18.0 Å². The normalized spacial score (nSPS) is 21.9. The van der Waals surface area contributed by atoms with Gasteiger partial charge in [-0.25, -0.2) is 4.79 Å². The Balaban J connectivity index is 2.53. The molecule has 88 valence electrons. The van der Waals surface area contributed by atoms with Crippen molar-refractivity contribution in [2.24, 2.45) is 0 Å². The van der Waals surface area contributed by atoms with Crippen LogP contribution in [0, 0.1) is 0 Å². The smallest absolute Gasteiger partial charge is 0.450 e. The van der Waals surface area contributed by atoms with Crippen LogP contribution in [0.3, 0.4) is 0 Å². The third kappa shape index (κ3) is 3.58. The monoisotopic (exact) mass is 227 g/mol. The molecule has 0 aromatic heterocycles. The molecule has 0 N–H and O–H groups in total. The van der Waals surface area contributed by atoms with Gasteiger partial charge in [-0.3, -0.25) is 9.64 Å². The molecule has 1 rings (SSSR count). The van der Waals surface area contributed by atoms with Crippen LogP contribution in [-0.4, -0.2) is 36.7 Å². The molecule has 1 heterocycles. The lowest BCUT2D eigenvalue weighted by atomic mass is 10.4. The number of rotatable bonds is 2. The highest BCUT2D eigenvalue weighted by Crippen LogP contribution is 2.27. The lowest BCUT2D eigenvalue weighted by molar-refractivity contribution is -0.353. The molecule has 1 aliphatic heterocycles. The summed E-state index contributed by atoms with van der Waals surface area (Å²) in [6.45, 7) is 1.96. The summed E-state index contributed by atoms with van der Waals surface area (Å²) in [5, 5.41) is 0. The molecule has 1 aliphatic rings. The quantitative estimate of drug-likeness (QED) is 0.725. The molecule has 1 unspecified atom stereocenters. The van der Waals surface area contributed by atoms with E-state index in [4.69, 9.17) is 0 Å². The first kappa shape index (κ1) is 12.1. The Hall–Kier alpha value is -0.980. The largest absolute Gasteiger partial charge is 0.524 e. The van der Waals surface area contributed by atoms with Crippen LogP contribution in [0.25, 0.3) is 0 Å². The fourth-order valence-corrected chi connectivity index (χ4v) is 1.43. The Morgan fingerprint density at radius 1 is 1.53 bits per heavy atom. The molecule has 0 radical (unpaired) electrons. The number of carbonyl (C=O) groups excluding carboxylic acids is 1. The van der Waals surface area contributed by atoms with Crippen LogP contribution in [-0.2, 0) is 9.47 Å². The molecule has 0 spiro atoms. The second kappa shape index (κ2) is 4.69. The molecule has 0 saturated carbocycles. The van der Waals surface area contributed by atoms with Gasteiger partial charge in [-0.2, -0.15) is 0 Å². The Bertz CT molecular complexity index is 232. The molecule has 0 aliphatic carbocycles. The Morgan fingerprint density at radius 3 is 2.73 bits per heavy atom. The van der Waals surface area contributed by atoms with Crippen molar-refractivity contribution in [1.29, 1.82) is 0 Å². The second-order valence-corrected chi connectivity index (χ2v) is 3.05. The highest BCUT2D eigenvalue weighted by Gasteiger charge is 2.40. The Morgan fingerprint density at radius 2 is 2.20 bits per heavy atom. The van der Waals surface area contributed by atoms with Crippen molar-refractivity contribution in [3.63, 3.8) is 0 Å². The molecular formula is C8H12F3NO3. The fraction of sp³-hybridized carbons (Fsp3) is 0.875. The van der Waals surface area contributed by atoms with Gasteiger partial charge in [0.25, 0.3) is 0 Å². The van der Waals surface area contributed by atoms with Gasteiger partial charge in [0.1, 0.15) is 6.23 Å². The Kier molecular flexibility index (Phi) is 3.78. The number of nitrogens with zero attached hydrogens (tertiary/aromatic N) is 1. The molecule has 0 bridgehead atoms. The summed E-state index contributed by atoms with van der Waals surface area (Å²) in [6.07, 6.45) is -6.06. The van der Waals surface area contributed by atoms with E-state index in [0.717, 1.165) is 4.90 Å². The molecule has 4 nitrogen and oxygen atoms in total. The molecule has 1 amide bonds. The van der Waals surface area contributed by atoms with Gasteiger partial charge in [-0.1, -0.05) is 0 Å². The van der Waals surface area contributed by atoms with Crippen LogP contribution in [0.1, 0.15) is 19.8 Å². The maximum atomic E-state index is 11.9. The van der Waals surface area contributed by atoms with Gasteiger partial charge in [0.2, 0.25) is 0 Å². The van der Waals surface area contributed by atoms with Gasteiger partial charge < -0.3 is 4.74 Å². The zero-order chi connectivity index (χ0) is 11.5. The molecular weight excluding hydrogens is 215 g/mol. The van der Waals surface area contributed by atoms with Gasteiger partial charge in [0, 0.05) is 6.54 Å². The predicted molar refractivity (Wildman–Crippen MR) is 43.9 cm³/mol. The number of carbonyl (C=O) groups is 1. The molecule has 1 fully saturated rings. The molecule has 0 aromatic carbocycles. The van der Waals surface area contributed by atoms with E-state index in [1.54, 1.807) is 6.92 Å². The maximum Gasteiger partial charge on any atom is 0.524 e. The first-order valence-electron chi connectivity index (χ1n) is 4.62. The van der Waals surface area contributed by atoms with Crippen LogP contribution >= 0.6 is 0 Å². The van der Waals surface area contributed by atoms with E-state index in [-0.39, 0.29) is 19.6 Å². The summed E-state index contributed by atoms with van der Waals surface area (Å²) in [4.78, 5) is 12.2. The summed E-state index contributed by atoms with van der Waals surface area (Å²) in [7, 11) is 0. The highest BCUT2D eigenvalue weighted by molar-refractivity contribution is 5.68. The Labute approximate surface area is 84.9 Å². The third-order valence-corrected chi connectivity index (χ3v) is 1.97.